The summed E-state index contributed by atoms with van der Waals surface area (Å²) in [4.78, 5) is 0. The molecule has 4 heteroatoms. The Kier molecular flexibility index (Phi) is 4.26. The maximum atomic E-state index is 6.17. The lowest BCUT2D eigenvalue weighted by atomic mass is 9.91. The second kappa shape index (κ2) is 8.05. The molecular formula is C38H25N3O. The third kappa shape index (κ3) is 2.91. The smallest absolute Gasteiger partial charge is 0.135 e. The first-order valence-electron chi connectivity index (χ1n) is 14.5. The summed E-state index contributed by atoms with van der Waals surface area (Å²) in [5.74, 6) is 0. The Morgan fingerprint density at radius 2 is 1.31 bits per heavy atom. The topological polar surface area (TPSA) is 42.1 Å². The molecule has 0 bridgehead atoms. The molecule has 2 aliphatic rings. The highest BCUT2D eigenvalue weighted by atomic mass is 16.3. The van der Waals surface area contributed by atoms with Crippen molar-refractivity contribution < 1.29 is 4.42 Å². The highest BCUT2D eigenvalue weighted by molar-refractivity contribution is 6.13. The molecule has 0 spiro atoms. The zero-order valence-electron chi connectivity index (χ0n) is 22.6. The van der Waals surface area contributed by atoms with Crippen LogP contribution in [0.15, 0.2) is 132 Å². The van der Waals surface area contributed by atoms with Crippen LogP contribution in [0.2, 0.25) is 0 Å². The zero-order chi connectivity index (χ0) is 27.4. The first-order chi connectivity index (χ1) is 20.8. The maximum Gasteiger partial charge on any atom is 0.135 e. The third-order valence-electron chi connectivity index (χ3n) is 9.25. The van der Waals surface area contributed by atoms with E-state index >= 15 is 0 Å². The Hall–Kier alpha value is -5.48. The summed E-state index contributed by atoms with van der Waals surface area (Å²) in [5.41, 5.74) is 12.9. The van der Waals surface area contributed by atoms with Crippen LogP contribution in [0.3, 0.4) is 0 Å². The van der Waals surface area contributed by atoms with Crippen LogP contribution < -0.4 is 10.6 Å². The van der Waals surface area contributed by atoms with Crippen molar-refractivity contribution in [1.29, 1.82) is 0 Å². The molecule has 4 heterocycles. The van der Waals surface area contributed by atoms with Crippen molar-refractivity contribution in [2.75, 3.05) is 10.6 Å². The number of para-hydroxylation sites is 2. The molecule has 2 unspecified atom stereocenters. The summed E-state index contributed by atoms with van der Waals surface area (Å²) in [6.07, 6.45) is 0.0529. The van der Waals surface area contributed by atoms with E-state index in [9.17, 15) is 0 Å². The number of fused-ring (bicyclic) bond motifs is 10. The lowest BCUT2D eigenvalue weighted by Crippen LogP contribution is -2.30. The molecule has 0 radical (unpaired) electrons. The molecule has 6 aromatic carbocycles. The SMILES string of the molecule is c1ccc(-c2ccc3c(c2)NC2c4c(-c5ccc6oc7ccccc7c6c5)ccc5c6ccccc6n(c45)C2N3)cc1. The van der Waals surface area contributed by atoms with E-state index in [4.69, 9.17) is 4.42 Å². The Balaban J connectivity index is 1.21. The monoisotopic (exact) mass is 539 g/mol. The first-order valence-corrected chi connectivity index (χ1v) is 14.5. The fourth-order valence-corrected chi connectivity index (χ4v) is 7.40. The van der Waals surface area contributed by atoms with Gasteiger partial charge in [0.1, 0.15) is 17.3 Å². The summed E-state index contributed by atoms with van der Waals surface area (Å²) < 4.78 is 8.68. The van der Waals surface area contributed by atoms with Crippen LogP contribution in [0.4, 0.5) is 11.4 Å². The molecule has 198 valence electrons. The molecule has 2 N–H and O–H groups in total. The number of benzene rings is 6. The Bertz CT molecular complexity index is 2380. The molecule has 8 aromatic rings. The molecule has 10 rings (SSSR count). The van der Waals surface area contributed by atoms with Crippen LogP contribution in [0, 0.1) is 0 Å². The van der Waals surface area contributed by atoms with Crippen LogP contribution in [-0.2, 0) is 0 Å². The minimum Gasteiger partial charge on any atom is -0.456 e. The van der Waals surface area contributed by atoms with Gasteiger partial charge in [-0.25, -0.2) is 0 Å². The van der Waals surface area contributed by atoms with Crippen molar-refractivity contribution in [3.05, 3.63) is 133 Å². The molecule has 2 atom stereocenters. The maximum absolute atomic E-state index is 6.17. The molecule has 2 aliphatic heterocycles. The van der Waals surface area contributed by atoms with Gasteiger partial charge in [-0.15, -0.1) is 0 Å². The van der Waals surface area contributed by atoms with E-state index in [1.807, 2.05) is 12.1 Å². The van der Waals surface area contributed by atoms with E-state index < -0.39 is 0 Å². The predicted molar refractivity (Wildman–Crippen MR) is 173 cm³/mol. The van der Waals surface area contributed by atoms with Gasteiger partial charge < -0.3 is 19.6 Å². The summed E-state index contributed by atoms with van der Waals surface area (Å²) in [5, 5.41) is 12.8. The van der Waals surface area contributed by atoms with Gasteiger partial charge in [0, 0.05) is 27.1 Å². The van der Waals surface area contributed by atoms with Crippen molar-refractivity contribution in [2.45, 2.75) is 12.2 Å². The normalized spacial score (nSPS) is 17.0. The van der Waals surface area contributed by atoms with Gasteiger partial charge in [-0.3, -0.25) is 0 Å². The second-order valence-electron chi connectivity index (χ2n) is 11.5. The molecule has 0 fully saturated rings. The van der Waals surface area contributed by atoms with Gasteiger partial charge in [0.25, 0.3) is 0 Å². The minimum atomic E-state index is 0.0529. The molecule has 42 heavy (non-hydrogen) atoms. The van der Waals surface area contributed by atoms with Crippen molar-refractivity contribution in [2.24, 2.45) is 0 Å². The molecule has 0 saturated heterocycles. The summed E-state index contributed by atoms with van der Waals surface area (Å²) >= 11 is 0. The van der Waals surface area contributed by atoms with Crippen LogP contribution >= 0.6 is 0 Å². The highest BCUT2D eigenvalue weighted by Crippen LogP contribution is 2.53. The fourth-order valence-electron chi connectivity index (χ4n) is 7.40. The van der Waals surface area contributed by atoms with Gasteiger partial charge in [0.05, 0.1) is 28.5 Å². The second-order valence-corrected chi connectivity index (χ2v) is 11.5. The van der Waals surface area contributed by atoms with Gasteiger partial charge in [0.15, 0.2) is 0 Å². The van der Waals surface area contributed by atoms with E-state index in [1.165, 1.54) is 49.6 Å². The van der Waals surface area contributed by atoms with Gasteiger partial charge in [-0.2, -0.15) is 0 Å². The largest absolute Gasteiger partial charge is 0.456 e. The van der Waals surface area contributed by atoms with Gasteiger partial charge >= 0.3 is 0 Å². The average molecular weight is 540 g/mol. The van der Waals surface area contributed by atoms with E-state index in [-0.39, 0.29) is 12.2 Å². The third-order valence-corrected chi connectivity index (χ3v) is 9.25. The van der Waals surface area contributed by atoms with Crippen molar-refractivity contribution in [1.82, 2.24) is 4.57 Å². The van der Waals surface area contributed by atoms with Gasteiger partial charge in [-0.1, -0.05) is 91.0 Å². The van der Waals surface area contributed by atoms with Crippen LogP contribution in [0.25, 0.3) is 66.0 Å². The minimum absolute atomic E-state index is 0.0529. The number of nitrogens with zero attached hydrogens (tertiary/aromatic N) is 1. The lowest BCUT2D eigenvalue weighted by molar-refractivity contribution is 0.540. The number of aromatic nitrogens is 1. The zero-order valence-corrected chi connectivity index (χ0v) is 22.6. The number of furan rings is 1. The molecule has 2 aromatic heterocycles. The van der Waals surface area contributed by atoms with Crippen molar-refractivity contribution in [3.8, 4) is 22.3 Å². The van der Waals surface area contributed by atoms with Gasteiger partial charge in [-0.05, 0) is 58.7 Å². The summed E-state index contributed by atoms with van der Waals surface area (Å²) in [6.45, 7) is 0. The number of rotatable bonds is 2. The standard InChI is InChI=1S/C38H25N3O/c1-2-8-22(9-3-1)23-14-18-30-31(21-23)39-36-35-25(24-15-19-34-29(20-24)27-11-5-7-13-33(27)42-34)16-17-28-26-10-4-6-12-32(26)41(37(28)35)38(36)40-30/h1-21,36,38-40H. The predicted octanol–water partition coefficient (Wildman–Crippen LogP) is 10.1. The number of anilines is 2. The number of nitrogens with one attached hydrogen (secondary N) is 2. The van der Waals surface area contributed by atoms with E-state index in [0.717, 1.165) is 33.3 Å². The lowest BCUT2D eigenvalue weighted by Gasteiger charge is -2.34. The molecule has 0 aliphatic carbocycles. The molecular weight excluding hydrogens is 514 g/mol. The van der Waals surface area contributed by atoms with E-state index in [1.54, 1.807) is 0 Å². The summed E-state index contributed by atoms with van der Waals surface area (Å²) in [7, 11) is 0. The quantitative estimate of drug-likeness (QED) is 0.230. The van der Waals surface area contributed by atoms with E-state index in [0.29, 0.717) is 0 Å². The Labute approximate surface area is 241 Å². The Morgan fingerprint density at radius 3 is 2.24 bits per heavy atom. The fraction of sp³-hybridized carbons (Fsp3) is 0.0526. The van der Waals surface area contributed by atoms with Crippen LogP contribution in [0.1, 0.15) is 17.8 Å². The first kappa shape index (κ1) is 22.2. The average Bonchev–Trinajstić information content (AvgIpc) is 3.70. The van der Waals surface area contributed by atoms with Crippen LogP contribution in [0.5, 0.6) is 0 Å². The number of hydrogen-bond acceptors (Lipinski definition) is 3. The highest BCUT2D eigenvalue weighted by Gasteiger charge is 2.41. The van der Waals surface area contributed by atoms with E-state index in [2.05, 4.69) is 130 Å². The van der Waals surface area contributed by atoms with Crippen molar-refractivity contribution >= 4 is 55.1 Å². The number of hydrogen-bond donors (Lipinski definition) is 2. The molecule has 0 amide bonds. The van der Waals surface area contributed by atoms with Crippen molar-refractivity contribution in [3.63, 3.8) is 0 Å². The molecule has 4 nitrogen and oxygen atoms in total. The van der Waals surface area contributed by atoms with Crippen LogP contribution in [-0.4, -0.2) is 4.57 Å². The molecule has 0 saturated carbocycles. The summed E-state index contributed by atoms with van der Waals surface area (Å²) in [6, 6.07) is 45.7. The Morgan fingerprint density at radius 1 is 0.524 bits per heavy atom. The van der Waals surface area contributed by atoms with Gasteiger partial charge in [0.2, 0.25) is 0 Å².